The maximum absolute atomic E-state index is 6.39. The Labute approximate surface area is 135 Å². The van der Waals surface area contributed by atoms with Crippen LogP contribution in [0.4, 0.5) is 0 Å². The van der Waals surface area contributed by atoms with Crippen LogP contribution in [0, 0.1) is 0 Å². The summed E-state index contributed by atoms with van der Waals surface area (Å²) in [6.07, 6.45) is 2.16. The average molecular weight is 315 g/mol. The molecule has 0 saturated heterocycles. The molecule has 0 aliphatic rings. The summed E-state index contributed by atoms with van der Waals surface area (Å²) >= 11 is 6.39. The molecule has 1 aromatic carbocycles. The molecule has 0 fully saturated rings. The van der Waals surface area contributed by atoms with Crippen molar-refractivity contribution in [1.29, 1.82) is 0 Å². The minimum atomic E-state index is -0.126. The van der Waals surface area contributed by atoms with Crippen LogP contribution in [0.25, 0.3) is 16.9 Å². The molecule has 0 N–H and O–H groups in total. The van der Waals surface area contributed by atoms with E-state index < -0.39 is 0 Å². The Morgan fingerprint density at radius 1 is 1.05 bits per heavy atom. The van der Waals surface area contributed by atoms with E-state index in [9.17, 15) is 0 Å². The van der Waals surface area contributed by atoms with Crippen LogP contribution in [-0.2, 0) is 0 Å². The molecule has 0 aliphatic heterocycles. The third kappa shape index (κ3) is 2.81. The molecule has 22 heavy (non-hydrogen) atoms. The normalized spacial score (nSPS) is 12.8. The van der Waals surface area contributed by atoms with E-state index in [0.29, 0.717) is 0 Å². The highest BCUT2D eigenvalue weighted by molar-refractivity contribution is 6.20. The summed E-state index contributed by atoms with van der Waals surface area (Å²) in [6.45, 7) is 6.00. The van der Waals surface area contributed by atoms with Crippen LogP contribution in [0.15, 0.2) is 48.7 Å². The molecule has 114 valence electrons. The van der Waals surface area contributed by atoms with Crippen molar-refractivity contribution in [3.05, 3.63) is 54.4 Å². The maximum Gasteiger partial charge on any atom is 0.137 e. The molecule has 0 saturated carbocycles. The van der Waals surface area contributed by atoms with Crippen molar-refractivity contribution < 1.29 is 4.74 Å². The Bertz CT molecular complexity index is 775. The zero-order chi connectivity index (χ0) is 15.7. The van der Waals surface area contributed by atoms with Gasteiger partial charge in [0, 0.05) is 11.8 Å². The van der Waals surface area contributed by atoms with Crippen LogP contribution in [0.5, 0.6) is 5.75 Å². The van der Waals surface area contributed by atoms with Gasteiger partial charge in [-0.15, -0.1) is 11.6 Å². The van der Waals surface area contributed by atoms with E-state index in [2.05, 4.69) is 0 Å². The van der Waals surface area contributed by atoms with E-state index in [1.807, 2.05) is 73.8 Å². The number of halogens is 1. The molecular formula is C18H19ClN2O. The number of fused-ring (bicyclic) bond motifs is 1. The van der Waals surface area contributed by atoms with Crippen molar-refractivity contribution >= 4 is 17.2 Å². The van der Waals surface area contributed by atoms with E-state index in [1.165, 1.54) is 0 Å². The number of hydrogen-bond acceptors (Lipinski definition) is 2. The van der Waals surface area contributed by atoms with Crippen molar-refractivity contribution in [2.75, 3.05) is 0 Å². The van der Waals surface area contributed by atoms with Gasteiger partial charge < -0.3 is 9.14 Å². The second kappa shape index (κ2) is 6.01. The fourth-order valence-electron chi connectivity index (χ4n) is 2.57. The first-order chi connectivity index (χ1) is 10.6. The summed E-state index contributed by atoms with van der Waals surface area (Å²) in [4.78, 5) is 4.73. The van der Waals surface area contributed by atoms with Gasteiger partial charge in [-0.1, -0.05) is 6.07 Å². The van der Waals surface area contributed by atoms with Gasteiger partial charge in [-0.2, -0.15) is 0 Å². The first-order valence-electron chi connectivity index (χ1n) is 7.44. The van der Waals surface area contributed by atoms with Crippen LogP contribution in [0.2, 0.25) is 0 Å². The van der Waals surface area contributed by atoms with Gasteiger partial charge in [-0.25, -0.2) is 4.98 Å². The minimum absolute atomic E-state index is 0.126. The second-order valence-electron chi connectivity index (χ2n) is 5.58. The van der Waals surface area contributed by atoms with Crippen molar-refractivity contribution in [2.45, 2.75) is 32.3 Å². The maximum atomic E-state index is 6.39. The van der Waals surface area contributed by atoms with Crippen molar-refractivity contribution in [1.82, 2.24) is 9.38 Å². The van der Waals surface area contributed by atoms with Gasteiger partial charge in [0.2, 0.25) is 0 Å². The number of aromatic nitrogens is 2. The minimum Gasteiger partial charge on any atom is -0.491 e. The molecular weight excluding hydrogens is 296 g/mol. The molecule has 3 nitrogen and oxygen atoms in total. The topological polar surface area (TPSA) is 26.5 Å². The summed E-state index contributed by atoms with van der Waals surface area (Å²) in [5.41, 5.74) is 3.88. The van der Waals surface area contributed by atoms with Crippen molar-refractivity contribution in [3.63, 3.8) is 0 Å². The lowest BCUT2D eigenvalue weighted by Gasteiger charge is -2.10. The standard InChI is InChI=1S/C18H19ClN2O/c1-12(2)22-15-9-7-14(8-10-15)17-18(13(3)19)21-11-5-4-6-16(21)20-17/h4-13H,1-3H3. The number of imidazole rings is 1. The zero-order valence-corrected chi connectivity index (χ0v) is 13.7. The largest absolute Gasteiger partial charge is 0.491 e. The highest BCUT2D eigenvalue weighted by atomic mass is 35.5. The Kier molecular flexibility index (Phi) is 4.08. The molecule has 0 radical (unpaired) electrons. The molecule has 3 aromatic rings. The monoisotopic (exact) mass is 314 g/mol. The highest BCUT2D eigenvalue weighted by Crippen LogP contribution is 2.32. The average Bonchev–Trinajstić information content (AvgIpc) is 2.86. The van der Waals surface area contributed by atoms with Gasteiger partial charge >= 0.3 is 0 Å². The van der Waals surface area contributed by atoms with Gasteiger partial charge in [-0.3, -0.25) is 0 Å². The summed E-state index contributed by atoms with van der Waals surface area (Å²) in [5.74, 6) is 0.864. The number of ether oxygens (including phenoxy) is 1. The van der Waals surface area contributed by atoms with Crippen LogP contribution >= 0.6 is 11.6 Å². The molecule has 2 aromatic heterocycles. The summed E-state index contributed by atoms with van der Waals surface area (Å²) < 4.78 is 7.74. The third-order valence-electron chi connectivity index (χ3n) is 3.44. The Morgan fingerprint density at radius 2 is 1.77 bits per heavy atom. The van der Waals surface area contributed by atoms with Crippen LogP contribution < -0.4 is 4.74 Å². The molecule has 0 aliphatic carbocycles. The molecule has 3 rings (SSSR count). The number of pyridine rings is 1. The Balaban J connectivity index is 2.07. The van der Waals surface area contributed by atoms with E-state index in [-0.39, 0.29) is 11.5 Å². The SMILES string of the molecule is CC(C)Oc1ccc(-c2nc3ccccn3c2C(C)Cl)cc1. The number of benzene rings is 1. The molecule has 0 bridgehead atoms. The van der Waals surface area contributed by atoms with E-state index in [4.69, 9.17) is 21.3 Å². The lowest BCUT2D eigenvalue weighted by Crippen LogP contribution is -2.05. The second-order valence-corrected chi connectivity index (χ2v) is 6.24. The molecule has 4 heteroatoms. The Morgan fingerprint density at radius 3 is 2.41 bits per heavy atom. The highest BCUT2D eigenvalue weighted by Gasteiger charge is 2.17. The van der Waals surface area contributed by atoms with Crippen LogP contribution in [-0.4, -0.2) is 15.5 Å². The third-order valence-corrected chi connectivity index (χ3v) is 3.65. The van der Waals surface area contributed by atoms with Gasteiger partial charge in [0.05, 0.1) is 22.9 Å². The van der Waals surface area contributed by atoms with Gasteiger partial charge in [-0.05, 0) is 57.2 Å². The summed E-state index contributed by atoms with van der Waals surface area (Å²) in [7, 11) is 0. The van der Waals surface area contributed by atoms with E-state index in [0.717, 1.165) is 28.3 Å². The first-order valence-corrected chi connectivity index (χ1v) is 7.88. The first kappa shape index (κ1) is 14.9. The van der Waals surface area contributed by atoms with Gasteiger partial charge in [0.15, 0.2) is 0 Å². The van der Waals surface area contributed by atoms with Crippen LogP contribution in [0.3, 0.4) is 0 Å². The van der Waals surface area contributed by atoms with Gasteiger partial charge in [0.25, 0.3) is 0 Å². The lowest BCUT2D eigenvalue weighted by atomic mass is 10.1. The fourth-order valence-corrected chi connectivity index (χ4v) is 2.78. The molecule has 1 unspecified atom stereocenters. The van der Waals surface area contributed by atoms with Crippen molar-refractivity contribution in [2.24, 2.45) is 0 Å². The fraction of sp³-hybridized carbons (Fsp3) is 0.278. The van der Waals surface area contributed by atoms with E-state index in [1.54, 1.807) is 0 Å². The number of nitrogens with zero attached hydrogens (tertiary/aromatic N) is 2. The molecule has 2 heterocycles. The predicted molar refractivity (Wildman–Crippen MR) is 90.7 cm³/mol. The quantitative estimate of drug-likeness (QED) is 0.627. The predicted octanol–water partition coefficient (Wildman–Crippen LogP) is 5.09. The number of alkyl halides is 1. The molecule has 0 amide bonds. The van der Waals surface area contributed by atoms with Crippen LogP contribution in [0.1, 0.15) is 31.8 Å². The lowest BCUT2D eigenvalue weighted by molar-refractivity contribution is 0.242. The molecule has 0 spiro atoms. The summed E-state index contributed by atoms with van der Waals surface area (Å²) in [5, 5.41) is -0.126. The Hall–Kier alpha value is -2.00. The van der Waals surface area contributed by atoms with E-state index >= 15 is 0 Å². The zero-order valence-electron chi connectivity index (χ0n) is 13.0. The summed E-state index contributed by atoms with van der Waals surface area (Å²) in [6, 6.07) is 14.0. The number of rotatable bonds is 4. The number of hydrogen-bond donors (Lipinski definition) is 0. The molecule has 1 atom stereocenters. The van der Waals surface area contributed by atoms with Crippen molar-refractivity contribution in [3.8, 4) is 17.0 Å². The van der Waals surface area contributed by atoms with Gasteiger partial charge in [0.1, 0.15) is 11.4 Å². The smallest absolute Gasteiger partial charge is 0.137 e.